The van der Waals surface area contributed by atoms with Gasteiger partial charge in [0, 0.05) is 13.1 Å². The van der Waals surface area contributed by atoms with Gasteiger partial charge in [0.15, 0.2) is 0 Å². The number of aryl methyl sites for hydroxylation is 1. The summed E-state index contributed by atoms with van der Waals surface area (Å²) >= 11 is 0. The Labute approximate surface area is 157 Å². The van der Waals surface area contributed by atoms with Gasteiger partial charge in [0.2, 0.25) is 5.91 Å². The van der Waals surface area contributed by atoms with E-state index in [9.17, 15) is 9.90 Å². The summed E-state index contributed by atoms with van der Waals surface area (Å²) in [6.45, 7) is 2.80. The molecular formula is C21H33N3O2. The normalized spacial score (nSPS) is 25.6. The zero-order chi connectivity index (χ0) is 18.2. The third-order valence-electron chi connectivity index (χ3n) is 5.83. The van der Waals surface area contributed by atoms with Crippen LogP contribution in [-0.4, -0.2) is 54.4 Å². The van der Waals surface area contributed by atoms with Crippen molar-refractivity contribution < 1.29 is 9.90 Å². The third-order valence-corrected chi connectivity index (χ3v) is 5.83. The van der Waals surface area contributed by atoms with Gasteiger partial charge in [-0.3, -0.25) is 9.69 Å². The molecule has 144 valence electrons. The van der Waals surface area contributed by atoms with Crippen LogP contribution in [0.25, 0.3) is 0 Å². The maximum atomic E-state index is 12.7. The van der Waals surface area contributed by atoms with Crippen LogP contribution in [-0.2, 0) is 11.2 Å². The molecule has 26 heavy (non-hydrogen) atoms. The Kier molecular flexibility index (Phi) is 7.47. The SMILES string of the molecule is O=C(NC(CO)N1CCCCC1)C1CC(CCc2ccccc2)CCN1. The number of rotatable bonds is 7. The molecule has 0 aromatic heterocycles. The second-order valence-electron chi connectivity index (χ2n) is 7.72. The van der Waals surface area contributed by atoms with Gasteiger partial charge in [0.25, 0.3) is 0 Å². The van der Waals surface area contributed by atoms with E-state index in [4.69, 9.17) is 0 Å². The van der Waals surface area contributed by atoms with E-state index in [1.165, 1.54) is 12.0 Å². The summed E-state index contributed by atoms with van der Waals surface area (Å²) in [7, 11) is 0. The number of benzene rings is 1. The Morgan fingerprint density at radius 2 is 2.00 bits per heavy atom. The van der Waals surface area contributed by atoms with Crippen LogP contribution in [0.5, 0.6) is 0 Å². The number of nitrogens with zero attached hydrogens (tertiary/aromatic N) is 1. The number of amides is 1. The van der Waals surface area contributed by atoms with Gasteiger partial charge in [-0.2, -0.15) is 0 Å². The molecule has 0 aliphatic carbocycles. The quantitative estimate of drug-likeness (QED) is 0.696. The first-order chi connectivity index (χ1) is 12.8. The maximum absolute atomic E-state index is 12.7. The van der Waals surface area contributed by atoms with Crippen molar-refractivity contribution in [3.8, 4) is 0 Å². The van der Waals surface area contributed by atoms with E-state index >= 15 is 0 Å². The van der Waals surface area contributed by atoms with Crippen LogP contribution < -0.4 is 10.6 Å². The Morgan fingerprint density at radius 3 is 2.73 bits per heavy atom. The molecule has 5 nitrogen and oxygen atoms in total. The van der Waals surface area contributed by atoms with Crippen LogP contribution >= 0.6 is 0 Å². The van der Waals surface area contributed by atoms with E-state index < -0.39 is 0 Å². The minimum absolute atomic E-state index is 0.0180. The van der Waals surface area contributed by atoms with Crippen molar-refractivity contribution in [3.63, 3.8) is 0 Å². The lowest BCUT2D eigenvalue weighted by Gasteiger charge is -2.36. The molecule has 0 spiro atoms. The Hall–Kier alpha value is -1.43. The number of hydrogen-bond donors (Lipinski definition) is 3. The summed E-state index contributed by atoms with van der Waals surface area (Å²) in [5.74, 6) is 0.619. The second-order valence-corrected chi connectivity index (χ2v) is 7.72. The topological polar surface area (TPSA) is 64.6 Å². The van der Waals surface area contributed by atoms with Gasteiger partial charge in [-0.05, 0) is 56.6 Å². The number of nitrogens with one attached hydrogen (secondary N) is 2. The van der Waals surface area contributed by atoms with E-state index in [1.807, 2.05) is 6.07 Å². The smallest absolute Gasteiger partial charge is 0.238 e. The van der Waals surface area contributed by atoms with Crippen LogP contribution in [0.2, 0.25) is 0 Å². The lowest BCUT2D eigenvalue weighted by Crippen LogP contribution is -2.57. The summed E-state index contributed by atoms with van der Waals surface area (Å²) in [5.41, 5.74) is 1.37. The standard InChI is InChI=1S/C21H33N3O2/c25-16-20(24-13-5-2-6-14-24)23-21(26)19-15-18(11-12-22-19)10-9-17-7-3-1-4-8-17/h1,3-4,7-8,18-20,22,25H,2,5-6,9-16H2,(H,23,26). The van der Waals surface area contributed by atoms with Crippen LogP contribution in [0.1, 0.15) is 44.1 Å². The van der Waals surface area contributed by atoms with Crippen LogP contribution in [0.4, 0.5) is 0 Å². The van der Waals surface area contributed by atoms with Crippen molar-refractivity contribution in [2.75, 3.05) is 26.2 Å². The second kappa shape index (κ2) is 10.0. The number of aliphatic hydroxyl groups excluding tert-OH is 1. The monoisotopic (exact) mass is 359 g/mol. The lowest BCUT2D eigenvalue weighted by molar-refractivity contribution is -0.127. The molecule has 3 rings (SSSR count). The highest BCUT2D eigenvalue weighted by Gasteiger charge is 2.29. The Balaban J connectivity index is 1.47. The molecule has 5 heteroatoms. The predicted octanol–water partition coefficient (Wildman–Crippen LogP) is 1.91. The molecule has 0 bridgehead atoms. The number of carbonyl (C=O) groups is 1. The van der Waals surface area contributed by atoms with E-state index in [0.29, 0.717) is 5.92 Å². The summed E-state index contributed by atoms with van der Waals surface area (Å²) in [5, 5.41) is 16.2. The van der Waals surface area contributed by atoms with Gasteiger partial charge in [-0.15, -0.1) is 0 Å². The van der Waals surface area contributed by atoms with E-state index in [1.54, 1.807) is 0 Å². The first-order valence-corrected chi connectivity index (χ1v) is 10.2. The molecule has 0 saturated carbocycles. The van der Waals surface area contributed by atoms with Crippen molar-refractivity contribution >= 4 is 5.91 Å². The van der Waals surface area contributed by atoms with Gasteiger partial charge >= 0.3 is 0 Å². The predicted molar refractivity (Wildman–Crippen MR) is 104 cm³/mol. The highest BCUT2D eigenvalue weighted by molar-refractivity contribution is 5.82. The molecule has 0 radical (unpaired) electrons. The van der Waals surface area contributed by atoms with Crippen molar-refractivity contribution in [2.45, 2.75) is 57.2 Å². The van der Waals surface area contributed by atoms with Gasteiger partial charge < -0.3 is 15.7 Å². The summed E-state index contributed by atoms with van der Waals surface area (Å²) < 4.78 is 0. The molecular weight excluding hydrogens is 326 g/mol. The number of piperidine rings is 2. The van der Waals surface area contributed by atoms with Gasteiger partial charge in [0.05, 0.1) is 12.6 Å². The van der Waals surface area contributed by atoms with Gasteiger partial charge in [-0.25, -0.2) is 0 Å². The van der Waals surface area contributed by atoms with Crippen LogP contribution in [0.15, 0.2) is 30.3 Å². The highest BCUT2D eigenvalue weighted by Crippen LogP contribution is 2.22. The molecule has 2 heterocycles. The van der Waals surface area contributed by atoms with E-state index in [0.717, 1.165) is 58.2 Å². The molecule has 1 amide bonds. The number of aliphatic hydroxyl groups is 1. The molecule has 1 aromatic carbocycles. The molecule has 2 saturated heterocycles. The van der Waals surface area contributed by atoms with E-state index in [2.05, 4.69) is 39.8 Å². The fourth-order valence-electron chi connectivity index (χ4n) is 4.22. The number of carbonyl (C=O) groups excluding carboxylic acids is 1. The maximum Gasteiger partial charge on any atom is 0.238 e. The number of likely N-dealkylation sites (tertiary alicyclic amines) is 1. The Bertz CT molecular complexity index is 545. The summed E-state index contributed by atoms with van der Waals surface area (Å²) in [6, 6.07) is 10.4. The molecule has 3 N–H and O–H groups in total. The van der Waals surface area contributed by atoms with Crippen molar-refractivity contribution in [1.82, 2.24) is 15.5 Å². The molecule has 2 aliphatic rings. The lowest BCUT2D eigenvalue weighted by atomic mass is 9.87. The summed E-state index contributed by atoms with van der Waals surface area (Å²) in [6.07, 6.45) is 7.52. The summed E-state index contributed by atoms with van der Waals surface area (Å²) in [4.78, 5) is 14.9. The molecule has 1 aromatic rings. The minimum Gasteiger partial charge on any atom is -0.393 e. The molecule has 3 atom stereocenters. The zero-order valence-electron chi connectivity index (χ0n) is 15.7. The number of hydrogen-bond acceptors (Lipinski definition) is 4. The first kappa shape index (κ1) is 19.3. The average Bonchev–Trinajstić information content (AvgIpc) is 2.72. The Morgan fingerprint density at radius 1 is 1.23 bits per heavy atom. The van der Waals surface area contributed by atoms with Crippen molar-refractivity contribution in [2.24, 2.45) is 5.92 Å². The van der Waals surface area contributed by atoms with Crippen LogP contribution in [0, 0.1) is 5.92 Å². The average molecular weight is 360 g/mol. The minimum atomic E-state index is -0.241. The largest absolute Gasteiger partial charge is 0.393 e. The van der Waals surface area contributed by atoms with E-state index in [-0.39, 0.29) is 24.7 Å². The molecule has 2 aliphatic heterocycles. The van der Waals surface area contributed by atoms with Gasteiger partial charge in [-0.1, -0.05) is 36.8 Å². The fraction of sp³-hybridized carbons (Fsp3) is 0.667. The van der Waals surface area contributed by atoms with Crippen molar-refractivity contribution in [3.05, 3.63) is 35.9 Å². The molecule has 3 unspecified atom stereocenters. The van der Waals surface area contributed by atoms with Crippen LogP contribution in [0.3, 0.4) is 0 Å². The highest BCUT2D eigenvalue weighted by atomic mass is 16.3. The molecule has 2 fully saturated rings. The third kappa shape index (κ3) is 5.53. The first-order valence-electron chi connectivity index (χ1n) is 10.2. The zero-order valence-corrected chi connectivity index (χ0v) is 15.7. The van der Waals surface area contributed by atoms with Crippen molar-refractivity contribution in [1.29, 1.82) is 0 Å². The fourth-order valence-corrected chi connectivity index (χ4v) is 4.22. The van der Waals surface area contributed by atoms with Gasteiger partial charge in [0.1, 0.15) is 6.17 Å².